The van der Waals surface area contributed by atoms with Crippen LogP contribution >= 0.6 is 0 Å². The lowest BCUT2D eigenvalue weighted by Crippen LogP contribution is -2.40. The third-order valence-electron chi connectivity index (χ3n) is 4.16. The number of likely N-dealkylation sites (tertiary alicyclic amines) is 1. The van der Waals surface area contributed by atoms with Crippen LogP contribution < -0.4 is 5.32 Å². The van der Waals surface area contributed by atoms with E-state index in [0.29, 0.717) is 13.1 Å². The number of amides is 2. The van der Waals surface area contributed by atoms with Crippen LogP contribution in [-0.4, -0.2) is 45.0 Å². The van der Waals surface area contributed by atoms with Gasteiger partial charge in [0, 0.05) is 18.4 Å². The van der Waals surface area contributed by atoms with Gasteiger partial charge < -0.3 is 15.3 Å². The molecule has 2 heterocycles. The molecule has 6 nitrogen and oxygen atoms in total. The number of aromatic nitrogens is 2. The Kier molecular flexibility index (Phi) is 4.62. The minimum atomic E-state index is -0.142. The van der Waals surface area contributed by atoms with E-state index in [4.69, 9.17) is 0 Å². The highest BCUT2D eigenvalue weighted by atomic mass is 16.3. The standard InChI is InChI=1S/C17H22N4O2/c1-13-9-18-20(10-13)11-14-4-6-15(7-5-14)19-17(23)21-8-2-3-16(21)12-22/h4-7,9-10,16,22H,2-3,8,11-12H2,1H3,(H,19,23). The Morgan fingerprint density at radius 1 is 1.39 bits per heavy atom. The van der Waals surface area contributed by atoms with Crippen LogP contribution in [-0.2, 0) is 6.54 Å². The molecule has 23 heavy (non-hydrogen) atoms. The van der Waals surface area contributed by atoms with E-state index < -0.39 is 0 Å². The molecular formula is C17H22N4O2. The van der Waals surface area contributed by atoms with Crippen LogP contribution in [0, 0.1) is 6.92 Å². The van der Waals surface area contributed by atoms with Crippen LogP contribution in [0.5, 0.6) is 0 Å². The maximum absolute atomic E-state index is 12.3. The van der Waals surface area contributed by atoms with Crippen molar-refractivity contribution >= 4 is 11.7 Å². The first kappa shape index (κ1) is 15.6. The minimum Gasteiger partial charge on any atom is -0.394 e. The minimum absolute atomic E-state index is 0.0235. The van der Waals surface area contributed by atoms with Gasteiger partial charge in [-0.05, 0) is 43.0 Å². The van der Waals surface area contributed by atoms with E-state index in [1.807, 2.05) is 48.3 Å². The first-order valence-corrected chi connectivity index (χ1v) is 7.92. The number of carbonyl (C=O) groups is 1. The molecular weight excluding hydrogens is 292 g/mol. The number of hydrogen-bond donors (Lipinski definition) is 2. The van der Waals surface area contributed by atoms with E-state index in [2.05, 4.69) is 10.4 Å². The maximum atomic E-state index is 12.3. The van der Waals surface area contributed by atoms with Crippen molar-refractivity contribution in [2.75, 3.05) is 18.5 Å². The number of nitrogens with zero attached hydrogens (tertiary/aromatic N) is 3. The lowest BCUT2D eigenvalue weighted by Gasteiger charge is -2.23. The highest BCUT2D eigenvalue weighted by Crippen LogP contribution is 2.19. The first-order chi connectivity index (χ1) is 11.2. The van der Waals surface area contributed by atoms with Gasteiger partial charge in [0.1, 0.15) is 0 Å². The second kappa shape index (κ2) is 6.83. The molecule has 1 aromatic heterocycles. The van der Waals surface area contributed by atoms with Crippen LogP contribution in [0.25, 0.3) is 0 Å². The number of urea groups is 1. The average molecular weight is 314 g/mol. The molecule has 1 atom stereocenters. The molecule has 2 aromatic rings. The van der Waals surface area contributed by atoms with Gasteiger partial charge in [-0.2, -0.15) is 5.10 Å². The fourth-order valence-electron chi connectivity index (χ4n) is 2.92. The number of aryl methyl sites for hydroxylation is 1. The lowest BCUT2D eigenvalue weighted by molar-refractivity contribution is 0.166. The number of aliphatic hydroxyl groups excluding tert-OH is 1. The van der Waals surface area contributed by atoms with E-state index in [1.54, 1.807) is 4.90 Å². The first-order valence-electron chi connectivity index (χ1n) is 7.92. The average Bonchev–Trinajstić information content (AvgIpc) is 3.18. The third-order valence-corrected chi connectivity index (χ3v) is 4.16. The normalized spacial score (nSPS) is 17.5. The Morgan fingerprint density at radius 2 is 2.17 bits per heavy atom. The molecule has 6 heteroatoms. The van der Waals surface area contributed by atoms with Crippen LogP contribution in [0.15, 0.2) is 36.7 Å². The number of nitrogens with one attached hydrogen (secondary N) is 1. The van der Waals surface area contributed by atoms with Crippen LogP contribution in [0.4, 0.5) is 10.5 Å². The number of carbonyl (C=O) groups excluding carboxylic acids is 1. The van der Waals surface area contributed by atoms with Gasteiger partial charge in [-0.15, -0.1) is 0 Å². The Morgan fingerprint density at radius 3 is 2.83 bits per heavy atom. The summed E-state index contributed by atoms with van der Waals surface area (Å²) in [4.78, 5) is 14.0. The molecule has 0 saturated carbocycles. The second-order valence-electron chi connectivity index (χ2n) is 6.01. The Bertz CT molecular complexity index is 665. The number of benzene rings is 1. The molecule has 0 bridgehead atoms. The predicted octanol–water partition coefficient (Wildman–Crippen LogP) is 2.23. The summed E-state index contributed by atoms with van der Waals surface area (Å²) in [5.41, 5.74) is 3.03. The van der Waals surface area contributed by atoms with Gasteiger partial charge in [-0.25, -0.2) is 4.79 Å². The third kappa shape index (κ3) is 3.71. The van der Waals surface area contributed by atoms with Crippen LogP contribution in [0.2, 0.25) is 0 Å². The van der Waals surface area contributed by atoms with Gasteiger partial charge in [-0.3, -0.25) is 4.68 Å². The molecule has 1 aliphatic heterocycles. The maximum Gasteiger partial charge on any atom is 0.322 e. The van der Waals surface area contributed by atoms with Crippen molar-refractivity contribution in [1.29, 1.82) is 0 Å². The molecule has 1 unspecified atom stereocenters. The fraction of sp³-hybridized carbons (Fsp3) is 0.412. The summed E-state index contributed by atoms with van der Waals surface area (Å²) in [7, 11) is 0. The smallest absolute Gasteiger partial charge is 0.322 e. The topological polar surface area (TPSA) is 70.4 Å². The van der Waals surface area contributed by atoms with E-state index in [1.165, 1.54) is 0 Å². The van der Waals surface area contributed by atoms with Gasteiger partial charge in [0.05, 0.1) is 25.4 Å². The quantitative estimate of drug-likeness (QED) is 0.909. The van der Waals surface area contributed by atoms with E-state index >= 15 is 0 Å². The SMILES string of the molecule is Cc1cnn(Cc2ccc(NC(=O)N3CCCC3CO)cc2)c1. The monoisotopic (exact) mass is 314 g/mol. The van der Waals surface area contributed by atoms with Crippen molar-refractivity contribution in [3.63, 3.8) is 0 Å². The van der Waals surface area contributed by atoms with Crippen molar-refractivity contribution in [2.45, 2.75) is 32.4 Å². The Balaban J connectivity index is 1.60. The van der Waals surface area contributed by atoms with Crippen molar-refractivity contribution in [3.05, 3.63) is 47.8 Å². The highest BCUT2D eigenvalue weighted by molar-refractivity contribution is 5.89. The summed E-state index contributed by atoms with van der Waals surface area (Å²) in [5, 5.41) is 16.5. The molecule has 0 spiro atoms. The van der Waals surface area contributed by atoms with Crippen molar-refractivity contribution in [2.24, 2.45) is 0 Å². The fourth-order valence-corrected chi connectivity index (χ4v) is 2.92. The van der Waals surface area contributed by atoms with Gasteiger partial charge in [0.25, 0.3) is 0 Å². The van der Waals surface area contributed by atoms with Crippen LogP contribution in [0.3, 0.4) is 0 Å². The molecule has 3 rings (SSSR count). The summed E-state index contributed by atoms with van der Waals surface area (Å²) in [5.74, 6) is 0. The van der Waals surface area contributed by atoms with Gasteiger partial charge >= 0.3 is 6.03 Å². The Hall–Kier alpha value is -2.34. The van der Waals surface area contributed by atoms with Crippen LogP contribution in [0.1, 0.15) is 24.0 Å². The molecule has 2 amide bonds. The summed E-state index contributed by atoms with van der Waals surface area (Å²) >= 11 is 0. The molecule has 1 aliphatic rings. The number of rotatable bonds is 4. The number of anilines is 1. The summed E-state index contributed by atoms with van der Waals surface area (Å²) in [6.45, 7) is 3.45. The number of aliphatic hydroxyl groups is 1. The number of hydrogen-bond acceptors (Lipinski definition) is 3. The molecule has 0 aliphatic carbocycles. The van der Waals surface area contributed by atoms with Crippen molar-refractivity contribution in [3.8, 4) is 0 Å². The van der Waals surface area contributed by atoms with Gasteiger partial charge in [0.2, 0.25) is 0 Å². The zero-order valence-electron chi connectivity index (χ0n) is 13.3. The molecule has 122 valence electrons. The zero-order chi connectivity index (χ0) is 16.2. The summed E-state index contributed by atoms with van der Waals surface area (Å²) < 4.78 is 1.89. The Labute approximate surface area is 135 Å². The molecule has 2 N–H and O–H groups in total. The predicted molar refractivity (Wildman–Crippen MR) is 88.3 cm³/mol. The molecule has 1 fully saturated rings. The van der Waals surface area contributed by atoms with Crippen molar-refractivity contribution in [1.82, 2.24) is 14.7 Å². The van der Waals surface area contributed by atoms with Crippen molar-refractivity contribution < 1.29 is 9.90 Å². The largest absolute Gasteiger partial charge is 0.394 e. The summed E-state index contributed by atoms with van der Waals surface area (Å²) in [6.07, 6.45) is 5.65. The highest BCUT2D eigenvalue weighted by Gasteiger charge is 2.27. The lowest BCUT2D eigenvalue weighted by atomic mass is 10.2. The van der Waals surface area contributed by atoms with E-state index in [0.717, 1.165) is 29.7 Å². The zero-order valence-corrected chi connectivity index (χ0v) is 13.3. The van der Waals surface area contributed by atoms with E-state index in [9.17, 15) is 9.90 Å². The van der Waals surface area contributed by atoms with E-state index in [-0.39, 0.29) is 18.7 Å². The summed E-state index contributed by atoms with van der Waals surface area (Å²) in [6, 6.07) is 7.57. The second-order valence-corrected chi connectivity index (χ2v) is 6.01. The molecule has 1 aromatic carbocycles. The van der Waals surface area contributed by atoms with Gasteiger partial charge in [0.15, 0.2) is 0 Å². The molecule has 1 saturated heterocycles. The molecule has 0 radical (unpaired) electrons. The van der Waals surface area contributed by atoms with Gasteiger partial charge in [-0.1, -0.05) is 12.1 Å².